The van der Waals surface area contributed by atoms with Crippen LogP contribution in [0.5, 0.6) is 0 Å². The molecule has 1 heterocycles. The molecule has 0 bridgehead atoms. The lowest BCUT2D eigenvalue weighted by atomic mass is 9.87. The number of benzene rings is 3. The Hall–Kier alpha value is -3.74. The molecule has 0 saturated carbocycles. The quantitative estimate of drug-likeness (QED) is 0.219. The van der Waals surface area contributed by atoms with Gasteiger partial charge in [-0.25, -0.2) is 8.78 Å². The highest BCUT2D eigenvalue weighted by Crippen LogP contribution is 2.38. The van der Waals surface area contributed by atoms with Crippen LogP contribution in [0.25, 0.3) is 0 Å². The Kier molecular flexibility index (Phi) is 13.2. The van der Waals surface area contributed by atoms with Gasteiger partial charge in [-0.2, -0.15) is 0 Å². The average Bonchev–Trinajstić information content (AvgIpc) is 3.04. The summed E-state index contributed by atoms with van der Waals surface area (Å²) < 4.78 is 62.2. The monoisotopic (exact) mass is 640 g/mol. The van der Waals surface area contributed by atoms with Crippen molar-refractivity contribution in [1.29, 1.82) is 0 Å². The molecular formula is C35H42F2N2O7. The average molecular weight is 641 g/mol. The first-order valence-corrected chi connectivity index (χ1v) is 15.3. The first kappa shape index (κ1) is 35.1. The third-order valence-corrected chi connectivity index (χ3v) is 7.52. The predicted octanol–water partition coefficient (Wildman–Crippen LogP) is 4.56. The molecule has 3 N–H and O–H groups in total. The minimum Gasteiger partial charge on any atom is -0.465 e. The van der Waals surface area contributed by atoms with E-state index in [2.05, 4.69) is 5.32 Å². The van der Waals surface area contributed by atoms with E-state index in [-0.39, 0.29) is 33.0 Å². The summed E-state index contributed by atoms with van der Waals surface area (Å²) in [6, 6.07) is 25.0. The topological polar surface area (TPSA) is 118 Å². The van der Waals surface area contributed by atoms with E-state index in [9.17, 15) is 9.59 Å². The highest BCUT2D eigenvalue weighted by molar-refractivity contribution is 5.75. The molecular weight excluding hydrogens is 598 g/mol. The van der Waals surface area contributed by atoms with Gasteiger partial charge in [0.15, 0.2) is 0 Å². The molecule has 1 aliphatic heterocycles. The third kappa shape index (κ3) is 10.1. The Morgan fingerprint density at radius 2 is 1.35 bits per heavy atom. The van der Waals surface area contributed by atoms with Crippen molar-refractivity contribution in [3.8, 4) is 0 Å². The molecule has 248 valence electrons. The maximum atomic E-state index is 16.2. The smallest absolute Gasteiger partial charge is 0.323 e. The first-order chi connectivity index (χ1) is 22.2. The molecule has 0 aliphatic carbocycles. The summed E-state index contributed by atoms with van der Waals surface area (Å²) >= 11 is 0. The molecule has 3 aromatic carbocycles. The van der Waals surface area contributed by atoms with Crippen molar-refractivity contribution < 1.29 is 42.1 Å². The number of nitrogens with two attached hydrogens (primary N) is 1. The van der Waals surface area contributed by atoms with E-state index < -0.39 is 60.7 Å². The van der Waals surface area contributed by atoms with E-state index in [0.29, 0.717) is 0 Å². The summed E-state index contributed by atoms with van der Waals surface area (Å²) in [6.07, 6.45) is -6.12. The van der Waals surface area contributed by atoms with E-state index in [4.69, 9.17) is 29.4 Å². The number of hydrogen-bond acceptors (Lipinski definition) is 8. The fraction of sp³-hybridized carbons (Fsp3) is 0.429. The lowest BCUT2D eigenvalue weighted by molar-refractivity contribution is -0.275. The van der Waals surface area contributed by atoms with Crippen molar-refractivity contribution in [2.24, 2.45) is 5.73 Å². The second-order valence-electron chi connectivity index (χ2n) is 11.2. The number of hydrogen-bond donors (Lipinski definition) is 2. The second-order valence-corrected chi connectivity index (χ2v) is 11.2. The van der Waals surface area contributed by atoms with Crippen LogP contribution in [0.15, 0.2) is 91.0 Å². The molecule has 1 saturated heterocycles. The van der Waals surface area contributed by atoms with Crippen molar-refractivity contribution in [3.05, 3.63) is 108 Å². The summed E-state index contributed by atoms with van der Waals surface area (Å²) in [4.78, 5) is 24.7. The van der Waals surface area contributed by atoms with E-state index in [1.165, 1.54) is 6.92 Å². The molecule has 0 radical (unpaired) electrons. The van der Waals surface area contributed by atoms with Gasteiger partial charge in [-0.1, -0.05) is 91.0 Å². The van der Waals surface area contributed by atoms with Gasteiger partial charge in [0.05, 0.1) is 39.1 Å². The van der Waals surface area contributed by atoms with Gasteiger partial charge in [0.1, 0.15) is 30.5 Å². The Morgan fingerprint density at radius 1 is 0.848 bits per heavy atom. The molecule has 11 heteroatoms. The predicted molar refractivity (Wildman–Crippen MR) is 167 cm³/mol. The van der Waals surface area contributed by atoms with Gasteiger partial charge in [0.2, 0.25) is 5.91 Å². The SMILES string of the molecule is CCOC(=O)[C@H](N)CC(F)(F)[C@H]1O[C@H](COCc2ccccc2)[C@H](OCc2ccccc2)[C@H](OCc2ccccc2)[C@H]1NC(C)=O. The van der Waals surface area contributed by atoms with Crippen LogP contribution in [0, 0.1) is 0 Å². The first-order valence-electron chi connectivity index (χ1n) is 15.3. The number of halogens is 2. The largest absolute Gasteiger partial charge is 0.465 e. The summed E-state index contributed by atoms with van der Waals surface area (Å²) in [6.45, 7) is 3.02. The Labute approximate surface area is 268 Å². The van der Waals surface area contributed by atoms with Crippen molar-refractivity contribution in [3.63, 3.8) is 0 Å². The number of carbonyl (C=O) groups excluding carboxylic acids is 2. The molecule has 9 nitrogen and oxygen atoms in total. The van der Waals surface area contributed by atoms with Gasteiger partial charge < -0.3 is 34.7 Å². The number of nitrogens with one attached hydrogen (secondary N) is 1. The zero-order chi connectivity index (χ0) is 32.9. The maximum absolute atomic E-state index is 16.2. The lowest BCUT2D eigenvalue weighted by Crippen LogP contribution is -2.69. The van der Waals surface area contributed by atoms with Crippen molar-refractivity contribution >= 4 is 11.9 Å². The zero-order valence-electron chi connectivity index (χ0n) is 26.1. The zero-order valence-corrected chi connectivity index (χ0v) is 26.1. The van der Waals surface area contributed by atoms with E-state index in [0.717, 1.165) is 16.7 Å². The van der Waals surface area contributed by atoms with Crippen LogP contribution >= 0.6 is 0 Å². The van der Waals surface area contributed by atoms with E-state index >= 15 is 8.78 Å². The van der Waals surface area contributed by atoms with Crippen LogP contribution in [0.2, 0.25) is 0 Å². The van der Waals surface area contributed by atoms with Crippen LogP contribution in [0.4, 0.5) is 8.78 Å². The van der Waals surface area contributed by atoms with Gasteiger partial charge in [0.25, 0.3) is 5.92 Å². The minimum atomic E-state index is -3.70. The molecule has 1 aliphatic rings. The fourth-order valence-electron chi connectivity index (χ4n) is 5.37. The van der Waals surface area contributed by atoms with Crippen molar-refractivity contribution in [1.82, 2.24) is 5.32 Å². The van der Waals surface area contributed by atoms with Gasteiger partial charge in [0, 0.05) is 13.3 Å². The van der Waals surface area contributed by atoms with Crippen LogP contribution < -0.4 is 11.1 Å². The maximum Gasteiger partial charge on any atom is 0.323 e. The molecule has 1 fully saturated rings. The van der Waals surface area contributed by atoms with Crippen LogP contribution in [0.3, 0.4) is 0 Å². The number of alkyl halides is 2. The molecule has 46 heavy (non-hydrogen) atoms. The standard InChI is InChI=1S/C35H42F2N2O7/c1-3-43-34(41)28(38)19-35(36,37)33-30(39-24(2)40)32(45-22-27-17-11-6-12-18-27)31(44-21-26-15-9-5-10-16-26)29(46-33)23-42-20-25-13-7-4-8-14-25/h4-18,28-33H,3,19-23,38H2,1-2H3,(H,39,40)/t28-,29-,30-,31+,32-,33+/m1/s1. The molecule has 0 unspecified atom stereocenters. The summed E-state index contributed by atoms with van der Waals surface area (Å²) in [5.74, 6) is -5.23. The molecule has 4 rings (SSSR count). The van der Waals surface area contributed by atoms with Gasteiger partial charge in [-0.15, -0.1) is 0 Å². The Balaban J connectivity index is 1.69. The van der Waals surface area contributed by atoms with Crippen molar-refractivity contribution in [2.75, 3.05) is 13.2 Å². The minimum absolute atomic E-state index is 0.0107. The molecule has 0 aromatic heterocycles. The molecule has 3 aromatic rings. The summed E-state index contributed by atoms with van der Waals surface area (Å²) in [5, 5.41) is 2.64. The van der Waals surface area contributed by atoms with Crippen LogP contribution in [-0.4, -0.2) is 67.5 Å². The van der Waals surface area contributed by atoms with Gasteiger partial charge >= 0.3 is 5.97 Å². The Morgan fingerprint density at radius 3 is 1.85 bits per heavy atom. The highest BCUT2D eigenvalue weighted by atomic mass is 19.3. The van der Waals surface area contributed by atoms with Crippen LogP contribution in [0.1, 0.15) is 37.0 Å². The van der Waals surface area contributed by atoms with Crippen molar-refractivity contribution in [2.45, 2.75) is 82.5 Å². The number of esters is 1. The summed E-state index contributed by atoms with van der Waals surface area (Å²) in [5.41, 5.74) is 8.38. The van der Waals surface area contributed by atoms with Gasteiger partial charge in [-0.05, 0) is 23.6 Å². The second kappa shape index (κ2) is 17.3. The number of carbonyl (C=O) groups is 2. The number of rotatable bonds is 16. The molecule has 0 spiro atoms. The lowest BCUT2D eigenvalue weighted by Gasteiger charge is -2.48. The third-order valence-electron chi connectivity index (χ3n) is 7.52. The van der Waals surface area contributed by atoms with Crippen LogP contribution in [-0.2, 0) is 53.1 Å². The van der Waals surface area contributed by atoms with E-state index in [1.54, 1.807) is 6.92 Å². The normalized spacial score (nSPS) is 22.2. The number of ether oxygens (including phenoxy) is 5. The summed E-state index contributed by atoms with van der Waals surface area (Å²) in [7, 11) is 0. The van der Waals surface area contributed by atoms with Gasteiger partial charge in [-0.3, -0.25) is 9.59 Å². The highest BCUT2D eigenvalue weighted by Gasteiger charge is 2.57. The number of amides is 1. The van der Waals surface area contributed by atoms with E-state index in [1.807, 2.05) is 91.0 Å². The molecule has 1 amide bonds. The fourth-order valence-corrected chi connectivity index (χ4v) is 5.37. The molecule has 6 atom stereocenters. The Bertz CT molecular complexity index is 1350.